The second kappa shape index (κ2) is 10.4. The lowest BCUT2D eigenvalue weighted by Crippen LogP contribution is -2.59. The zero-order valence-corrected chi connectivity index (χ0v) is 30.7. The number of nitrogens with zero attached hydrogens (tertiary/aromatic N) is 3. The molecule has 6 heterocycles. The van der Waals surface area contributed by atoms with Crippen molar-refractivity contribution in [1.82, 2.24) is 9.13 Å². The first-order valence-corrected chi connectivity index (χ1v) is 20.0. The third kappa shape index (κ3) is 3.48. The van der Waals surface area contributed by atoms with Gasteiger partial charge in [0.1, 0.15) is 5.58 Å². The summed E-state index contributed by atoms with van der Waals surface area (Å²) in [5.41, 5.74) is 15.4. The van der Waals surface area contributed by atoms with Crippen molar-refractivity contribution >= 4 is 126 Å². The molecule has 0 N–H and O–H groups in total. The number of aromatic nitrogens is 2. The van der Waals surface area contributed by atoms with Gasteiger partial charge in [0.25, 0.3) is 6.71 Å². The Balaban J connectivity index is 1.18. The second-order valence-electron chi connectivity index (χ2n) is 15.2. The van der Waals surface area contributed by atoms with Crippen LogP contribution in [-0.4, -0.2) is 15.8 Å². The van der Waals surface area contributed by atoms with Crippen LogP contribution in [0.5, 0.6) is 0 Å². The number of thiophene rings is 1. The highest BCUT2D eigenvalue weighted by Crippen LogP contribution is 2.49. The average molecular weight is 730 g/mol. The lowest BCUT2D eigenvalue weighted by molar-refractivity contribution is 0.669. The molecule has 0 saturated carbocycles. The van der Waals surface area contributed by atoms with Crippen LogP contribution in [0, 0.1) is 0 Å². The van der Waals surface area contributed by atoms with Crippen molar-refractivity contribution in [3.05, 3.63) is 170 Å². The van der Waals surface area contributed by atoms with Crippen LogP contribution in [0.15, 0.2) is 174 Å². The summed E-state index contributed by atoms with van der Waals surface area (Å²) in [5, 5.41) is 8.66. The quantitative estimate of drug-likeness (QED) is 0.166. The summed E-state index contributed by atoms with van der Waals surface area (Å²) in [5.74, 6) is 0. The van der Waals surface area contributed by atoms with Crippen molar-refractivity contribution in [3.63, 3.8) is 0 Å². The van der Waals surface area contributed by atoms with E-state index in [1.165, 1.54) is 92.1 Å². The lowest BCUT2D eigenvalue weighted by atomic mass is 9.36. The van der Waals surface area contributed by atoms with Gasteiger partial charge in [-0.2, -0.15) is 0 Å². The van der Waals surface area contributed by atoms with Gasteiger partial charge in [0.2, 0.25) is 0 Å². The van der Waals surface area contributed by atoms with E-state index >= 15 is 0 Å². The van der Waals surface area contributed by atoms with Crippen LogP contribution in [0.4, 0.5) is 17.1 Å². The van der Waals surface area contributed by atoms with Crippen molar-refractivity contribution in [2.45, 2.75) is 0 Å². The maximum absolute atomic E-state index is 6.78. The fourth-order valence-electron chi connectivity index (χ4n) is 10.4. The normalized spacial score (nSPS) is 13.3. The van der Waals surface area contributed by atoms with Crippen molar-refractivity contribution < 1.29 is 4.42 Å². The van der Waals surface area contributed by atoms with Crippen LogP contribution in [-0.2, 0) is 0 Å². The van der Waals surface area contributed by atoms with Crippen molar-refractivity contribution in [1.29, 1.82) is 0 Å². The number of rotatable bonds is 2. The molecule has 2 aliphatic heterocycles. The minimum atomic E-state index is 0.0299. The lowest BCUT2D eigenvalue weighted by Gasteiger charge is -2.38. The number of fused-ring (bicyclic) bond motifs is 16. The Morgan fingerprint density at radius 1 is 0.482 bits per heavy atom. The number of para-hydroxylation sites is 5. The average Bonchev–Trinajstić information content (AvgIpc) is 4.01. The van der Waals surface area contributed by atoms with E-state index in [9.17, 15) is 0 Å². The number of anilines is 3. The van der Waals surface area contributed by atoms with Gasteiger partial charge in [0.15, 0.2) is 5.58 Å². The van der Waals surface area contributed by atoms with Crippen molar-refractivity contribution in [3.8, 4) is 11.4 Å². The fraction of sp³-hybridized carbons (Fsp3) is 0. The summed E-state index contributed by atoms with van der Waals surface area (Å²) in [6, 6.07) is 62.3. The predicted molar refractivity (Wildman–Crippen MR) is 237 cm³/mol. The van der Waals surface area contributed by atoms with Crippen LogP contribution in [0.1, 0.15) is 0 Å². The molecule has 6 heteroatoms. The van der Waals surface area contributed by atoms with E-state index in [2.05, 4.69) is 184 Å². The van der Waals surface area contributed by atoms with E-state index in [0.29, 0.717) is 0 Å². The highest BCUT2D eigenvalue weighted by Gasteiger charge is 2.45. The smallest absolute Gasteiger partial charge is 0.264 e. The van der Waals surface area contributed by atoms with Crippen molar-refractivity contribution in [2.24, 2.45) is 0 Å². The topological polar surface area (TPSA) is 26.2 Å². The number of furan rings is 1. The van der Waals surface area contributed by atoms with Crippen molar-refractivity contribution in [2.75, 3.05) is 4.90 Å². The summed E-state index contributed by atoms with van der Waals surface area (Å²) in [4.78, 5) is 2.52. The largest absolute Gasteiger partial charge is 0.454 e. The molecule has 14 rings (SSSR count). The molecule has 0 unspecified atom stereocenters. The molecule has 0 aliphatic carbocycles. The van der Waals surface area contributed by atoms with E-state index in [4.69, 9.17) is 4.42 Å². The van der Waals surface area contributed by atoms with E-state index in [0.717, 1.165) is 27.6 Å². The Bertz CT molecular complexity index is 3680. The maximum Gasteiger partial charge on any atom is 0.264 e. The number of hydrogen-bond donors (Lipinski definition) is 0. The summed E-state index contributed by atoms with van der Waals surface area (Å²) in [6.07, 6.45) is 0. The first kappa shape index (κ1) is 29.4. The van der Waals surface area contributed by atoms with Gasteiger partial charge < -0.3 is 18.5 Å². The van der Waals surface area contributed by atoms with Gasteiger partial charge in [-0.15, -0.1) is 11.3 Å². The van der Waals surface area contributed by atoms with E-state index in [1.807, 2.05) is 11.3 Å². The molecule has 4 nitrogen and oxygen atoms in total. The van der Waals surface area contributed by atoms with E-state index in [1.54, 1.807) is 0 Å². The van der Waals surface area contributed by atoms with Crippen LogP contribution < -0.4 is 20.6 Å². The Hall–Kier alpha value is -7.02. The SMILES string of the molecule is c1ccc(-n2c3ccccc3c3cc4c5c(c6ccccc6n5-c5cccc6c5B4c4sc5ccccc5c4N6c4cccc5c4oc4ccccc45)c32)cc1. The second-order valence-corrected chi connectivity index (χ2v) is 16.3. The van der Waals surface area contributed by atoms with Gasteiger partial charge in [-0.25, -0.2) is 0 Å². The third-order valence-corrected chi connectivity index (χ3v) is 13.7. The predicted octanol–water partition coefficient (Wildman–Crippen LogP) is 11.6. The van der Waals surface area contributed by atoms with Gasteiger partial charge in [-0.05, 0) is 65.5 Å². The van der Waals surface area contributed by atoms with Gasteiger partial charge in [-0.3, -0.25) is 0 Å². The molecule has 0 atom stereocenters. The van der Waals surface area contributed by atoms with Crippen LogP contribution in [0.25, 0.3) is 87.0 Å². The van der Waals surface area contributed by atoms with Gasteiger partial charge >= 0.3 is 0 Å². The molecule has 0 bridgehead atoms. The van der Waals surface area contributed by atoms with Gasteiger partial charge in [0, 0.05) is 64.2 Å². The van der Waals surface area contributed by atoms with Crippen LogP contribution >= 0.6 is 11.3 Å². The molecule has 0 radical (unpaired) electrons. The summed E-state index contributed by atoms with van der Waals surface area (Å²) >= 11 is 1.94. The fourth-order valence-corrected chi connectivity index (χ4v) is 11.7. The molecule has 0 fully saturated rings. The van der Waals surface area contributed by atoms with Gasteiger partial charge in [-0.1, -0.05) is 115 Å². The zero-order valence-electron chi connectivity index (χ0n) is 29.9. The molecule has 8 aromatic carbocycles. The monoisotopic (exact) mass is 729 g/mol. The Labute approximate surface area is 324 Å². The highest BCUT2D eigenvalue weighted by molar-refractivity contribution is 7.33. The molecular formula is C50H28BN3OS. The summed E-state index contributed by atoms with van der Waals surface area (Å²) in [7, 11) is 0. The standard InChI is InChI=1S/C50H28BN3OS/c1-2-14-29(15-3-1)52-37-21-8-4-16-30(37)35-28-36-48-44(46(35)52)33-18-5-9-22-38(33)53(48)39-23-13-24-40-45(39)51(36)50-47(34-19-7-11-27-43(34)56-50)54(40)41-25-12-20-32-31-17-6-10-26-42(31)55-49(32)41/h1-28H. The molecule has 4 aromatic heterocycles. The summed E-state index contributed by atoms with van der Waals surface area (Å²) < 4.78 is 14.5. The molecule has 2 aliphatic rings. The molecule has 258 valence electrons. The maximum atomic E-state index is 6.78. The Kier molecular flexibility index (Phi) is 5.45. The summed E-state index contributed by atoms with van der Waals surface area (Å²) in [6.45, 7) is 0.0299. The van der Waals surface area contributed by atoms with Crippen LogP contribution in [0.2, 0.25) is 0 Å². The molecular weight excluding hydrogens is 701 g/mol. The number of benzene rings is 8. The van der Waals surface area contributed by atoms with Crippen LogP contribution in [0.3, 0.4) is 0 Å². The molecule has 0 amide bonds. The Morgan fingerprint density at radius 2 is 1.14 bits per heavy atom. The first-order chi connectivity index (χ1) is 27.8. The first-order valence-electron chi connectivity index (χ1n) is 19.2. The third-order valence-electron chi connectivity index (χ3n) is 12.5. The van der Waals surface area contributed by atoms with Gasteiger partial charge in [0.05, 0.1) is 33.4 Å². The molecule has 0 spiro atoms. The molecule has 0 saturated heterocycles. The Morgan fingerprint density at radius 3 is 2.02 bits per heavy atom. The molecule has 12 aromatic rings. The molecule has 56 heavy (non-hydrogen) atoms. The van der Waals surface area contributed by atoms with E-state index < -0.39 is 0 Å². The number of hydrogen-bond acceptors (Lipinski definition) is 3. The van der Waals surface area contributed by atoms with E-state index in [-0.39, 0.29) is 6.71 Å². The highest BCUT2D eigenvalue weighted by atomic mass is 32.1. The minimum absolute atomic E-state index is 0.0299. The minimum Gasteiger partial charge on any atom is -0.454 e. The zero-order chi connectivity index (χ0) is 36.2.